The lowest BCUT2D eigenvalue weighted by Crippen LogP contribution is -2.14. The van der Waals surface area contributed by atoms with Crippen molar-refractivity contribution in [3.8, 4) is 0 Å². The van der Waals surface area contributed by atoms with Gasteiger partial charge in [-0.05, 0) is 50.7 Å². The van der Waals surface area contributed by atoms with Gasteiger partial charge < -0.3 is 5.32 Å². The van der Waals surface area contributed by atoms with Crippen LogP contribution in [0, 0.1) is 13.7 Å². The molecule has 0 aliphatic carbocycles. The van der Waals surface area contributed by atoms with Gasteiger partial charge in [0.05, 0.1) is 16.2 Å². The third kappa shape index (κ3) is 3.89. The number of halogens is 3. The number of aromatic nitrogens is 1. The molecular weight excluding hydrogens is 476 g/mol. The minimum Gasteiger partial charge on any atom is -0.319 e. The maximum atomic E-state index is 12.2. The number of carbonyl (C=O) groups excluding carboxylic acids is 1. The Morgan fingerprint density at radius 2 is 2.14 bits per heavy atom. The summed E-state index contributed by atoms with van der Waals surface area (Å²) in [4.78, 5) is 26.3. The van der Waals surface area contributed by atoms with Crippen molar-refractivity contribution in [2.75, 3.05) is 5.32 Å². The van der Waals surface area contributed by atoms with E-state index in [9.17, 15) is 14.9 Å². The van der Waals surface area contributed by atoms with Gasteiger partial charge in [0.25, 0.3) is 11.6 Å². The van der Waals surface area contributed by atoms with E-state index in [1.807, 2.05) is 22.6 Å². The number of hydrogen-bond acceptors (Lipinski definition) is 4. The molecule has 0 radical (unpaired) electrons. The third-order valence-electron chi connectivity index (χ3n) is 2.46. The molecule has 0 spiro atoms. The maximum absolute atomic E-state index is 12.2. The van der Waals surface area contributed by atoms with E-state index >= 15 is 0 Å². The van der Waals surface area contributed by atoms with Gasteiger partial charge in [0, 0.05) is 26.4 Å². The Hall–Kier alpha value is -1.26. The van der Waals surface area contributed by atoms with E-state index in [0.29, 0.717) is 13.7 Å². The van der Waals surface area contributed by atoms with Crippen LogP contribution in [0.4, 0.5) is 11.4 Å². The van der Waals surface area contributed by atoms with E-state index < -0.39 is 10.8 Å². The minimum atomic E-state index is -0.555. The second-order valence-corrected chi connectivity index (χ2v) is 6.30. The van der Waals surface area contributed by atoms with Crippen LogP contribution >= 0.6 is 50.1 Å². The van der Waals surface area contributed by atoms with E-state index in [-0.39, 0.29) is 16.4 Å². The Kier molecular flexibility index (Phi) is 5.12. The van der Waals surface area contributed by atoms with Crippen LogP contribution in [0.15, 0.2) is 34.9 Å². The number of nitrogens with zero attached hydrogens (tertiary/aromatic N) is 2. The molecule has 108 valence electrons. The van der Waals surface area contributed by atoms with Crippen LogP contribution in [0.3, 0.4) is 0 Å². The number of pyridine rings is 1. The quantitative estimate of drug-likeness (QED) is 0.307. The third-order valence-corrected chi connectivity index (χ3v) is 4.13. The Balaban J connectivity index is 2.34. The van der Waals surface area contributed by atoms with Crippen molar-refractivity contribution in [1.82, 2.24) is 4.98 Å². The lowest BCUT2D eigenvalue weighted by Gasteiger charge is -2.08. The highest BCUT2D eigenvalue weighted by Crippen LogP contribution is 2.25. The molecule has 0 bridgehead atoms. The fourth-order valence-corrected chi connectivity index (χ4v) is 2.56. The van der Waals surface area contributed by atoms with Crippen molar-refractivity contribution in [2.24, 2.45) is 0 Å². The topological polar surface area (TPSA) is 85.1 Å². The van der Waals surface area contributed by atoms with E-state index in [2.05, 4.69) is 26.2 Å². The average molecular weight is 482 g/mol. The molecule has 1 N–H and O–H groups in total. The summed E-state index contributed by atoms with van der Waals surface area (Å²) in [5.74, 6) is -0.495. The number of carbonyl (C=O) groups is 1. The summed E-state index contributed by atoms with van der Waals surface area (Å²) < 4.78 is 1.24. The Bertz CT molecular complexity index is 742. The van der Waals surface area contributed by atoms with Crippen LogP contribution in [0.1, 0.15) is 10.4 Å². The van der Waals surface area contributed by atoms with Crippen LogP contribution in [0.2, 0.25) is 5.15 Å². The molecule has 1 amide bonds. The number of anilines is 1. The van der Waals surface area contributed by atoms with Gasteiger partial charge in [-0.15, -0.1) is 0 Å². The van der Waals surface area contributed by atoms with Crippen LogP contribution in [0.25, 0.3) is 0 Å². The number of nitro benzene ring substituents is 1. The highest BCUT2D eigenvalue weighted by atomic mass is 127. The number of non-ortho nitro benzene ring substituents is 1. The molecule has 0 aliphatic heterocycles. The molecule has 0 unspecified atom stereocenters. The van der Waals surface area contributed by atoms with Gasteiger partial charge in [-0.3, -0.25) is 14.9 Å². The van der Waals surface area contributed by atoms with E-state index in [1.165, 1.54) is 24.4 Å². The number of nitrogens with one attached hydrogen (secondary N) is 1. The number of rotatable bonds is 3. The Morgan fingerprint density at radius 3 is 2.81 bits per heavy atom. The van der Waals surface area contributed by atoms with Crippen molar-refractivity contribution in [3.05, 3.63) is 59.3 Å². The predicted molar refractivity (Wildman–Crippen MR) is 90.7 cm³/mol. The summed E-state index contributed by atoms with van der Waals surface area (Å²) in [7, 11) is 0. The summed E-state index contributed by atoms with van der Waals surface area (Å²) in [5, 5.41) is 13.5. The highest BCUT2D eigenvalue weighted by Gasteiger charge is 2.17. The molecule has 0 saturated carbocycles. The predicted octanol–water partition coefficient (Wildman–Crippen LogP) is 4.26. The van der Waals surface area contributed by atoms with Crippen LogP contribution in [0.5, 0.6) is 0 Å². The van der Waals surface area contributed by atoms with Crippen molar-refractivity contribution in [2.45, 2.75) is 0 Å². The number of benzene rings is 1. The van der Waals surface area contributed by atoms with Gasteiger partial charge in [-0.2, -0.15) is 0 Å². The van der Waals surface area contributed by atoms with Crippen LogP contribution in [-0.4, -0.2) is 15.8 Å². The molecule has 2 aromatic rings. The zero-order valence-electron chi connectivity index (χ0n) is 10.1. The Labute approximate surface area is 146 Å². The standard InChI is InChI=1S/C12H6BrClIN3O3/c13-6-3-10(11(14)16-5-6)17-12(19)8-4-7(18(20)21)1-2-9(8)15/h1-5H,(H,17,19). The first-order valence-electron chi connectivity index (χ1n) is 5.45. The summed E-state index contributed by atoms with van der Waals surface area (Å²) in [6.45, 7) is 0. The molecule has 0 aliphatic rings. The first kappa shape index (κ1) is 16.1. The zero-order chi connectivity index (χ0) is 15.6. The molecule has 1 aromatic carbocycles. The highest BCUT2D eigenvalue weighted by molar-refractivity contribution is 14.1. The second-order valence-electron chi connectivity index (χ2n) is 3.87. The molecule has 0 atom stereocenters. The van der Waals surface area contributed by atoms with Crippen molar-refractivity contribution in [3.63, 3.8) is 0 Å². The summed E-state index contributed by atoms with van der Waals surface area (Å²) in [6, 6.07) is 5.66. The van der Waals surface area contributed by atoms with Crippen molar-refractivity contribution < 1.29 is 9.72 Å². The molecule has 6 nitrogen and oxygen atoms in total. The van der Waals surface area contributed by atoms with Crippen LogP contribution < -0.4 is 5.32 Å². The van der Waals surface area contributed by atoms with E-state index in [4.69, 9.17) is 11.6 Å². The zero-order valence-corrected chi connectivity index (χ0v) is 14.6. The molecule has 1 aromatic heterocycles. The monoisotopic (exact) mass is 481 g/mol. The SMILES string of the molecule is O=C(Nc1cc(Br)cnc1Cl)c1cc([N+](=O)[O-])ccc1I. The normalized spacial score (nSPS) is 10.2. The lowest BCUT2D eigenvalue weighted by atomic mass is 10.2. The van der Waals surface area contributed by atoms with Crippen LogP contribution in [-0.2, 0) is 0 Å². The molecule has 0 fully saturated rings. The first-order chi connectivity index (χ1) is 9.88. The number of nitro groups is 1. The molecule has 0 saturated heterocycles. The van der Waals surface area contributed by atoms with E-state index in [0.717, 1.165) is 0 Å². The Morgan fingerprint density at radius 1 is 1.43 bits per heavy atom. The summed E-state index contributed by atoms with van der Waals surface area (Å²) >= 11 is 11.0. The fraction of sp³-hybridized carbons (Fsp3) is 0. The molecule has 2 rings (SSSR count). The van der Waals surface area contributed by atoms with Gasteiger partial charge in [-0.1, -0.05) is 11.6 Å². The molecule has 21 heavy (non-hydrogen) atoms. The fourth-order valence-electron chi connectivity index (χ4n) is 1.50. The second kappa shape index (κ2) is 6.67. The van der Waals surface area contributed by atoms with Gasteiger partial charge in [0.2, 0.25) is 0 Å². The molecule has 1 heterocycles. The molecule has 9 heteroatoms. The molecular formula is C12H6BrClIN3O3. The average Bonchev–Trinajstić information content (AvgIpc) is 2.43. The van der Waals surface area contributed by atoms with E-state index in [1.54, 1.807) is 6.07 Å². The van der Waals surface area contributed by atoms with Gasteiger partial charge in [-0.25, -0.2) is 4.98 Å². The first-order valence-corrected chi connectivity index (χ1v) is 7.70. The van der Waals surface area contributed by atoms with Crippen molar-refractivity contribution >= 4 is 67.4 Å². The van der Waals surface area contributed by atoms with Gasteiger partial charge in [0.15, 0.2) is 5.15 Å². The number of amides is 1. The summed E-state index contributed by atoms with van der Waals surface area (Å²) in [6.07, 6.45) is 1.50. The van der Waals surface area contributed by atoms with Gasteiger partial charge in [0.1, 0.15) is 0 Å². The lowest BCUT2D eigenvalue weighted by molar-refractivity contribution is -0.384. The minimum absolute atomic E-state index is 0.131. The van der Waals surface area contributed by atoms with Gasteiger partial charge >= 0.3 is 0 Å². The maximum Gasteiger partial charge on any atom is 0.270 e. The summed E-state index contributed by atoms with van der Waals surface area (Å²) in [5.41, 5.74) is 0.359. The smallest absolute Gasteiger partial charge is 0.270 e. The number of hydrogen-bond donors (Lipinski definition) is 1. The largest absolute Gasteiger partial charge is 0.319 e. The van der Waals surface area contributed by atoms with Crippen molar-refractivity contribution in [1.29, 1.82) is 0 Å².